The quantitative estimate of drug-likeness (QED) is 0.901. The van der Waals surface area contributed by atoms with Gasteiger partial charge in [0.2, 0.25) is 5.91 Å². The number of rotatable bonds is 3. The molecule has 21 heavy (non-hydrogen) atoms. The van der Waals surface area contributed by atoms with Gasteiger partial charge < -0.3 is 10.6 Å². The number of carbonyl (C=O) groups excluding carboxylic acids is 1. The summed E-state index contributed by atoms with van der Waals surface area (Å²) in [5.41, 5.74) is -0.227. The number of halogens is 3. The summed E-state index contributed by atoms with van der Waals surface area (Å²) in [6, 6.07) is 4.65. The molecule has 1 aromatic carbocycles. The molecule has 0 bridgehead atoms. The lowest BCUT2D eigenvalue weighted by Gasteiger charge is -2.24. The Bertz CT molecular complexity index is 496. The van der Waals surface area contributed by atoms with E-state index in [1.807, 2.05) is 0 Å². The molecule has 1 aromatic rings. The topological polar surface area (TPSA) is 41.1 Å². The van der Waals surface area contributed by atoms with Gasteiger partial charge in [-0.1, -0.05) is 12.1 Å². The molecule has 1 amide bonds. The van der Waals surface area contributed by atoms with Crippen molar-refractivity contribution in [2.24, 2.45) is 5.92 Å². The number of piperidine rings is 1. The zero-order valence-electron chi connectivity index (χ0n) is 11.8. The molecule has 116 valence electrons. The average Bonchev–Trinajstić information content (AvgIpc) is 2.47. The lowest BCUT2D eigenvalue weighted by atomic mass is 9.96. The summed E-state index contributed by atoms with van der Waals surface area (Å²) in [5, 5.41) is 5.98. The van der Waals surface area contributed by atoms with Crippen LogP contribution in [0.2, 0.25) is 0 Å². The molecule has 0 aromatic heterocycles. The Labute approximate surface area is 121 Å². The molecule has 0 saturated carbocycles. The van der Waals surface area contributed by atoms with Crippen molar-refractivity contribution < 1.29 is 18.0 Å². The van der Waals surface area contributed by atoms with Gasteiger partial charge in [0.25, 0.3) is 0 Å². The normalized spacial score (nSPS) is 18.3. The SMILES string of the molecule is CC(NC(=O)C1CCNCC1)c1cccc(C(F)(F)F)c1. The van der Waals surface area contributed by atoms with E-state index in [4.69, 9.17) is 0 Å². The van der Waals surface area contributed by atoms with Crippen molar-refractivity contribution in [3.63, 3.8) is 0 Å². The molecule has 0 radical (unpaired) electrons. The molecule has 1 fully saturated rings. The van der Waals surface area contributed by atoms with Gasteiger partial charge in [-0.15, -0.1) is 0 Å². The van der Waals surface area contributed by atoms with Crippen molar-refractivity contribution in [2.75, 3.05) is 13.1 Å². The lowest BCUT2D eigenvalue weighted by Crippen LogP contribution is -2.39. The van der Waals surface area contributed by atoms with E-state index >= 15 is 0 Å². The molecule has 2 rings (SSSR count). The maximum atomic E-state index is 12.7. The van der Waals surface area contributed by atoms with Crippen LogP contribution in [0.15, 0.2) is 24.3 Å². The molecule has 2 N–H and O–H groups in total. The highest BCUT2D eigenvalue weighted by Gasteiger charge is 2.31. The van der Waals surface area contributed by atoms with Crippen LogP contribution in [0.5, 0.6) is 0 Å². The van der Waals surface area contributed by atoms with Crippen molar-refractivity contribution in [3.05, 3.63) is 35.4 Å². The van der Waals surface area contributed by atoms with Crippen molar-refractivity contribution >= 4 is 5.91 Å². The Hall–Kier alpha value is -1.56. The van der Waals surface area contributed by atoms with Gasteiger partial charge in [-0.3, -0.25) is 4.79 Å². The highest BCUT2D eigenvalue weighted by molar-refractivity contribution is 5.79. The Morgan fingerprint density at radius 1 is 1.33 bits per heavy atom. The van der Waals surface area contributed by atoms with Gasteiger partial charge in [0, 0.05) is 5.92 Å². The number of hydrogen-bond donors (Lipinski definition) is 2. The third-order valence-corrected chi connectivity index (χ3v) is 3.78. The molecule has 1 saturated heterocycles. The second kappa shape index (κ2) is 6.47. The maximum absolute atomic E-state index is 12.7. The van der Waals surface area contributed by atoms with Gasteiger partial charge in [0.05, 0.1) is 11.6 Å². The summed E-state index contributed by atoms with van der Waals surface area (Å²) in [5.74, 6) is -0.138. The first kappa shape index (κ1) is 15.8. The number of nitrogens with one attached hydrogen (secondary N) is 2. The number of amides is 1. The molecular formula is C15H19F3N2O. The van der Waals surface area contributed by atoms with Crippen LogP contribution in [0.3, 0.4) is 0 Å². The van der Waals surface area contributed by atoms with Gasteiger partial charge in [-0.25, -0.2) is 0 Å². The molecular weight excluding hydrogens is 281 g/mol. The number of carbonyl (C=O) groups is 1. The first-order valence-electron chi connectivity index (χ1n) is 7.06. The predicted molar refractivity (Wildman–Crippen MR) is 73.6 cm³/mol. The second-order valence-electron chi connectivity index (χ2n) is 5.38. The lowest BCUT2D eigenvalue weighted by molar-refractivity contribution is -0.137. The average molecular weight is 300 g/mol. The summed E-state index contributed by atoms with van der Waals surface area (Å²) in [6.45, 7) is 3.31. The standard InChI is InChI=1S/C15H19F3N2O/c1-10(20-14(21)11-5-7-19-8-6-11)12-3-2-4-13(9-12)15(16,17)18/h2-4,9-11,19H,5-8H2,1H3,(H,20,21). The van der Waals surface area contributed by atoms with Crippen LogP contribution in [0.4, 0.5) is 13.2 Å². The van der Waals surface area contributed by atoms with Gasteiger partial charge in [0.1, 0.15) is 0 Å². The molecule has 1 aliphatic rings. The maximum Gasteiger partial charge on any atom is 0.416 e. The van der Waals surface area contributed by atoms with Gasteiger partial charge >= 0.3 is 6.18 Å². The zero-order chi connectivity index (χ0) is 15.5. The highest BCUT2D eigenvalue weighted by atomic mass is 19.4. The van der Waals surface area contributed by atoms with Crippen molar-refractivity contribution in [1.82, 2.24) is 10.6 Å². The minimum absolute atomic E-state index is 0.0560. The Morgan fingerprint density at radius 3 is 2.62 bits per heavy atom. The Kier molecular flexibility index (Phi) is 4.88. The van der Waals surface area contributed by atoms with E-state index in [1.54, 1.807) is 13.0 Å². The third-order valence-electron chi connectivity index (χ3n) is 3.78. The molecule has 6 heteroatoms. The summed E-state index contributed by atoms with van der Waals surface area (Å²) >= 11 is 0. The molecule has 1 atom stereocenters. The minimum atomic E-state index is -4.37. The van der Waals surface area contributed by atoms with Gasteiger partial charge in [0.15, 0.2) is 0 Å². The number of alkyl halides is 3. The molecule has 0 aliphatic carbocycles. The Morgan fingerprint density at radius 2 is 2.00 bits per heavy atom. The first-order valence-corrected chi connectivity index (χ1v) is 7.06. The van der Waals surface area contributed by atoms with Crippen LogP contribution in [0.25, 0.3) is 0 Å². The van der Waals surface area contributed by atoms with Crippen LogP contribution < -0.4 is 10.6 Å². The Balaban J connectivity index is 2.02. The fraction of sp³-hybridized carbons (Fsp3) is 0.533. The van der Waals surface area contributed by atoms with Gasteiger partial charge in [-0.05, 0) is 50.6 Å². The van der Waals surface area contributed by atoms with E-state index in [9.17, 15) is 18.0 Å². The molecule has 1 unspecified atom stereocenters. The van der Waals surface area contributed by atoms with Crippen LogP contribution in [-0.4, -0.2) is 19.0 Å². The highest BCUT2D eigenvalue weighted by Crippen LogP contribution is 2.30. The zero-order valence-corrected chi connectivity index (χ0v) is 11.8. The molecule has 1 heterocycles. The molecule has 3 nitrogen and oxygen atoms in total. The van der Waals surface area contributed by atoms with E-state index in [2.05, 4.69) is 10.6 Å². The number of hydrogen-bond acceptors (Lipinski definition) is 2. The van der Waals surface area contributed by atoms with E-state index in [0.29, 0.717) is 5.56 Å². The van der Waals surface area contributed by atoms with Crippen LogP contribution >= 0.6 is 0 Å². The smallest absolute Gasteiger partial charge is 0.349 e. The fourth-order valence-corrected chi connectivity index (χ4v) is 2.48. The number of benzene rings is 1. The largest absolute Gasteiger partial charge is 0.416 e. The van der Waals surface area contributed by atoms with Crippen molar-refractivity contribution in [1.29, 1.82) is 0 Å². The van der Waals surface area contributed by atoms with E-state index in [1.165, 1.54) is 6.07 Å². The molecule has 0 spiro atoms. The monoisotopic (exact) mass is 300 g/mol. The summed E-state index contributed by atoms with van der Waals surface area (Å²) in [7, 11) is 0. The summed E-state index contributed by atoms with van der Waals surface area (Å²) in [6.07, 6.45) is -2.84. The van der Waals surface area contributed by atoms with E-state index in [-0.39, 0.29) is 11.8 Å². The van der Waals surface area contributed by atoms with Crippen LogP contribution in [0, 0.1) is 5.92 Å². The summed E-state index contributed by atoms with van der Waals surface area (Å²) in [4.78, 5) is 12.1. The minimum Gasteiger partial charge on any atom is -0.349 e. The summed E-state index contributed by atoms with van der Waals surface area (Å²) < 4.78 is 38.1. The second-order valence-corrected chi connectivity index (χ2v) is 5.38. The van der Waals surface area contributed by atoms with Crippen LogP contribution in [-0.2, 0) is 11.0 Å². The predicted octanol–water partition coefficient (Wildman–Crippen LogP) is 2.88. The first-order chi connectivity index (χ1) is 9.88. The van der Waals surface area contributed by atoms with E-state index in [0.717, 1.165) is 38.1 Å². The van der Waals surface area contributed by atoms with Crippen LogP contribution in [0.1, 0.15) is 36.9 Å². The third kappa shape index (κ3) is 4.20. The van der Waals surface area contributed by atoms with Crippen molar-refractivity contribution in [2.45, 2.75) is 32.0 Å². The van der Waals surface area contributed by atoms with Gasteiger partial charge in [-0.2, -0.15) is 13.2 Å². The van der Waals surface area contributed by atoms with Crippen molar-refractivity contribution in [3.8, 4) is 0 Å². The molecule has 1 aliphatic heterocycles. The fourth-order valence-electron chi connectivity index (χ4n) is 2.48. The van der Waals surface area contributed by atoms with E-state index < -0.39 is 17.8 Å².